The SMILES string of the molecule is Cc1cc(-c2nn[nH]n2)cc(S(=O)(=O)Nc2ccc(F)cc2F)c1. The number of aromatic amines is 1. The normalized spacial score (nSPS) is 11.5. The van der Waals surface area contributed by atoms with Crippen molar-refractivity contribution in [3.05, 3.63) is 53.6 Å². The first kappa shape index (κ1) is 16.0. The van der Waals surface area contributed by atoms with E-state index < -0.39 is 21.7 Å². The molecule has 2 aromatic carbocycles. The Balaban J connectivity index is 2.00. The minimum Gasteiger partial charge on any atom is -0.277 e. The third kappa shape index (κ3) is 3.23. The topological polar surface area (TPSA) is 101 Å². The standard InChI is InChI=1S/C14H11F2N5O2S/c1-8-4-9(14-17-20-21-18-14)6-11(5-8)24(22,23)19-13-3-2-10(15)7-12(13)16/h2-7,19H,1H3,(H,17,18,20,21). The van der Waals surface area contributed by atoms with Crippen LogP contribution >= 0.6 is 0 Å². The molecule has 0 spiro atoms. The summed E-state index contributed by atoms with van der Waals surface area (Å²) in [6.07, 6.45) is 0. The Morgan fingerprint density at radius 1 is 1.12 bits per heavy atom. The number of aryl methyl sites for hydroxylation is 1. The highest BCUT2D eigenvalue weighted by Crippen LogP contribution is 2.24. The number of hydrogen-bond donors (Lipinski definition) is 2. The van der Waals surface area contributed by atoms with Crippen LogP contribution in [0, 0.1) is 18.6 Å². The maximum absolute atomic E-state index is 13.7. The molecule has 0 bridgehead atoms. The first-order valence-corrected chi connectivity index (χ1v) is 8.17. The average molecular weight is 351 g/mol. The number of sulfonamides is 1. The first-order valence-electron chi connectivity index (χ1n) is 6.68. The molecular weight excluding hydrogens is 340 g/mol. The van der Waals surface area contributed by atoms with Crippen LogP contribution in [0.1, 0.15) is 5.56 Å². The molecule has 0 atom stereocenters. The lowest BCUT2D eigenvalue weighted by Crippen LogP contribution is -2.14. The van der Waals surface area contributed by atoms with E-state index in [4.69, 9.17) is 0 Å². The predicted molar refractivity (Wildman–Crippen MR) is 81.5 cm³/mol. The Morgan fingerprint density at radius 2 is 1.92 bits per heavy atom. The molecule has 7 nitrogen and oxygen atoms in total. The fourth-order valence-corrected chi connectivity index (χ4v) is 3.29. The molecule has 0 aliphatic rings. The number of aromatic nitrogens is 4. The molecule has 0 saturated heterocycles. The van der Waals surface area contributed by atoms with Crippen LogP contribution in [0.25, 0.3) is 11.4 Å². The van der Waals surface area contributed by atoms with Gasteiger partial charge in [-0.25, -0.2) is 17.2 Å². The van der Waals surface area contributed by atoms with Crippen molar-refractivity contribution in [2.24, 2.45) is 0 Å². The van der Waals surface area contributed by atoms with Crippen molar-refractivity contribution in [3.63, 3.8) is 0 Å². The van der Waals surface area contributed by atoms with Crippen molar-refractivity contribution < 1.29 is 17.2 Å². The second-order valence-electron chi connectivity index (χ2n) is 5.00. The Morgan fingerprint density at radius 3 is 2.58 bits per heavy atom. The number of benzene rings is 2. The quantitative estimate of drug-likeness (QED) is 0.751. The van der Waals surface area contributed by atoms with E-state index >= 15 is 0 Å². The Labute approximate surface area is 135 Å². The van der Waals surface area contributed by atoms with Crippen molar-refractivity contribution in [2.75, 3.05) is 4.72 Å². The minimum atomic E-state index is -4.08. The molecule has 2 N–H and O–H groups in total. The highest BCUT2D eigenvalue weighted by atomic mass is 32.2. The second kappa shape index (κ2) is 5.96. The molecular formula is C14H11F2N5O2S. The molecule has 1 heterocycles. The van der Waals surface area contributed by atoms with E-state index in [0.29, 0.717) is 17.2 Å². The summed E-state index contributed by atoms with van der Waals surface area (Å²) in [7, 11) is -4.08. The third-order valence-electron chi connectivity index (χ3n) is 3.14. The Hall–Kier alpha value is -2.88. The third-order valence-corrected chi connectivity index (χ3v) is 4.49. The molecule has 124 valence electrons. The minimum absolute atomic E-state index is 0.106. The molecule has 0 unspecified atom stereocenters. The van der Waals surface area contributed by atoms with Gasteiger partial charge in [0.1, 0.15) is 11.6 Å². The maximum Gasteiger partial charge on any atom is 0.262 e. The van der Waals surface area contributed by atoms with Gasteiger partial charge in [-0.1, -0.05) is 0 Å². The predicted octanol–water partition coefficient (Wildman–Crippen LogP) is 2.25. The number of rotatable bonds is 4. The summed E-state index contributed by atoms with van der Waals surface area (Å²) in [5.41, 5.74) is 0.722. The molecule has 0 amide bonds. The number of nitrogens with zero attached hydrogens (tertiary/aromatic N) is 3. The van der Waals surface area contributed by atoms with Crippen LogP contribution in [0.5, 0.6) is 0 Å². The van der Waals surface area contributed by atoms with Crippen molar-refractivity contribution in [1.82, 2.24) is 20.6 Å². The summed E-state index contributed by atoms with van der Waals surface area (Å²) in [6, 6.07) is 7.00. The summed E-state index contributed by atoms with van der Waals surface area (Å²) in [4.78, 5) is -0.106. The highest BCUT2D eigenvalue weighted by Gasteiger charge is 2.19. The monoisotopic (exact) mass is 351 g/mol. The molecule has 0 fully saturated rings. The van der Waals surface area contributed by atoms with Gasteiger partial charge in [-0.3, -0.25) is 4.72 Å². The zero-order chi connectivity index (χ0) is 17.3. The summed E-state index contributed by atoms with van der Waals surface area (Å²) in [5, 5.41) is 13.3. The van der Waals surface area contributed by atoms with E-state index in [0.717, 1.165) is 12.1 Å². The van der Waals surface area contributed by atoms with Gasteiger partial charge in [0.25, 0.3) is 10.0 Å². The molecule has 0 aliphatic heterocycles. The van der Waals surface area contributed by atoms with Crippen molar-refractivity contribution in [2.45, 2.75) is 11.8 Å². The Kier molecular flexibility index (Phi) is 3.97. The van der Waals surface area contributed by atoms with Gasteiger partial charge in [-0.05, 0) is 48.0 Å². The van der Waals surface area contributed by atoms with Gasteiger partial charge in [-0.15, -0.1) is 10.2 Å². The molecule has 1 aromatic heterocycles. The fraction of sp³-hybridized carbons (Fsp3) is 0.0714. The summed E-state index contributed by atoms with van der Waals surface area (Å²) >= 11 is 0. The Bertz CT molecular complexity index is 990. The molecule has 24 heavy (non-hydrogen) atoms. The number of anilines is 1. The zero-order valence-corrected chi connectivity index (χ0v) is 13.1. The van der Waals surface area contributed by atoms with Crippen molar-refractivity contribution in [3.8, 4) is 11.4 Å². The van der Waals surface area contributed by atoms with Gasteiger partial charge in [0.2, 0.25) is 5.82 Å². The molecule has 0 radical (unpaired) electrons. The number of nitrogens with one attached hydrogen (secondary N) is 2. The molecule has 0 aliphatic carbocycles. The lowest BCUT2D eigenvalue weighted by Gasteiger charge is -2.10. The van der Waals surface area contributed by atoms with E-state index in [-0.39, 0.29) is 16.4 Å². The van der Waals surface area contributed by atoms with Crippen LogP contribution in [-0.2, 0) is 10.0 Å². The maximum atomic E-state index is 13.7. The summed E-state index contributed by atoms with van der Waals surface area (Å²) in [6.45, 7) is 1.70. The van der Waals surface area contributed by atoms with E-state index in [9.17, 15) is 17.2 Å². The number of tetrazole rings is 1. The van der Waals surface area contributed by atoms with Crippen LogP contribution < -0.4 is 4.72 Å². The summed E-state index contributed by atoms with van der Waals surface area (Å²) < 4.78 is 53.7. The van der Waals surface area contributed by atoms with E-state index in [2.05, 4.69) is 25.3 Å². The first-order chi connectivity index (χ1) is 11.3. The lowest BCUT2D eigenvalue weighted by atomic mass is 10.1. The summed E-state index contributed by atoms with van der Waals surface area (Å²) in [5.74, 6) is -1.59. The lowest BCUT2D eigenvalue weighted by molar-refractivity contribution is 0.583. The number of hydrogen-bond acceptors (Lipinski definition) is 5. The van der Waals surface area contributed by atoms with Crippen molar-refractivity contribution in [1.29, 1.82) is 0 Å². The molecule has 0 saturated carbocycles. The van der Waals surface area contributed by atoms with Crippen molar-refractivity contribution >= 4 is 15.7 Å². The largest absolute Gasteiger partial charge is 0.277 e. The average Bonchev–Trinajstić information content (AvgIpc) is 3.04. The van der Waals surface area contributed by atoms with Crippen LogP contribution in [0.15, 0.2) is 41.3 Å². The second-order valence-corrected chi connectivity index (χ2v) is 6.68. The van der Waals surface area contributed by atoms with E-state index in [1.165, 1.54) is 12.1 Å². The van der Waals surface area contributed by atoms with Crippen LogP contribution in [-0.4, -0.2) is 29.0 Å². The molecule has 10 heteroatoms. The molecule has 3 aromatic rings. The van der Waals surface area contributed by atoms with Crippen LogP contribution in [0.3, 0.4) is 0 Å². The van der Waals surface area contributed by atoms with Gasteiger partial charge < -0.3 is 0 Å². The van der Waals surface area contributed by atoms with Gasteiger partial charge in [0.15, 0.2) is 0 Å². The number of H-pyrrole nitrogens is 1. The zero-order valence-electron chi connectivity index (χ0n) is 12.3. The van der Waals surface area contributed by atoms with Crippen LogP contribution in [0.4, 0.5) is 14.5 Å². The van der Waals surface area contributed by atoms with Gasteiger partial charge in [0, 0.05) is 11.6 Å². The fourth-order valence-electron chi connectivity index (χ4n) is 2.09. The van der Waals surface area contributed by atoms with E-state index in [1.807, 2.05) is 0 Å². The van der Waals surface area contributed by atoms with Gasteiger partial charge >= 0.3 is 0 Å². The van der Waals surface area contributed by atoms with Gasteiger partial charge in [-0.2, -0.15) is 5.21 Å². The smallest absolute Gasteiger partial charge is 0.262 e. The van der Waals surface area contributed by atoms with Gasteiger partial charge in [0.05, 0.1) is 10.6 Å². The molecule has 3 rings (SSSR count). The van der Waals surface area contributed by atoms with Crippen LogP contribution in [0.2, 0.25) is 0 Å². The number of halogens is 2. The highest BCUT2D eigenvalue weighted by molar-refractivity contribution is 7.92. The van der Waals surface area contributed by atoms with E-state index in [1.54, 1.807) is 13.0 Å².